The summed E-state index contributed by atoms with van der Waals surface area (Å²) in [6, 6.07) is -0.901. The lowest BCUT2D eigenvalue weighted by Gasteiger charge is -2.23. The van der Waals surface area contributed by atoms with Gasteiger partial charge >= 0.3 is 6.09 Å². The average molecular weight is 203 g/mol. The third-order valence-corrected chi connectivity index (χ3v) is 1.72. The van der Waals surface area contributed by atoms with E-state index in [1.807, 2.05) is 0 Å². The summed E-state index contributed by atoms with van der Waals surface area (Å²) in [5, 5.41) is 11.2. The van der Waals surface area contributed by atoms with Crippen LogP contribution in [0.1, 0.15) is 20.8 Å². The van der Waals surface area contributed by atoms with Crippen molar-refractivity contribution >= 4 is 11.9 Å². The fourth-order valence-corrected chi connectivity index (χ4v) is 0.918. The molecule has 0 rings (SSSR count). The Morgan fingerprint density at radius 2 is 1.93 bits per heavy atom. The molecule has 0 aromatic rings. The first kappa shape index (κ1) is 12.9. The molecule has 0 aromatic heterocycles. The molecule has 0 fully saturated rings. The van der Waals surface area contributed by atoms with E-state index in [1.54, 1.807) is 20.8 Å². The number of rotatable bonds is 3. The molecule has 82 valence electrons. The van der Waals surface area contributed by atoms with Crippen molar-refractivity contribution in [3.05, 3.63) is 0 Å². The molecule has 0 aliphatic rings. The molecule has 1 atom stereocenters. The van der Waals surface area contributed by atoms with E-state index in [2.05, 4.69) is 10.1 Å². The van der Waals surface area contributed by atoms with Crippen LogP contribution in [0.5, 0.6) is 0 Å². The first-order valence-electron chi connectivity index (χ1n) is 4.32. The SMILES string of the molecule is COC(=O)N[C@H](CO)C(=O)C(C)(C)C. The van der Waals surface area contributed by atoms with E-state index < -0.39 is 24.2 Å². The van der Waals surface area contributed by atoms with Crippen molar-refractivity contribution in [1.29, 1.82) is 0 Å². The molecule has 0 radical (unpaired) electrons. The van der Waals surface area contributed by atoms with Gasteiger partial charge in [0.2, 0.25) is 0 Å². The number of ether oxygens (including phenoxy) is 1. The highest BCUT2D eigenvalue weighted by atomic mass is 16.5. The maximum atomic E-state index is 11.6. The Morgan fingerprint density at radius 3 is 2.21 bits per heavy atom. The predicted molar refractivity (Wildman–Crippen MR) is 50.9 cm³/mol. The van der Waals surface area contributed by atoms with Gasteiger partial charge in [-0.05, 0) is 0 Å². The van der Waals surface area contributed by atoms with Gasteiger partial charge in [0.1, 0.15) is 6.04 Å². The van der Waals surface area contributed by atoms with Crippen molar-refractivity contribution in [2.75, 3.05) is 13.7 Å². The van der Waals surface area contributed by atoms with Gasteiger partial charge in [-0.25, -0.2) is 4.79 Å². The van der Waals surface area contributed by atoms with Crippen molar-refractivity contribution in [2.45, 2.75) is 26.8 Å². The number of nitrogens with one attached hydrogen (secondary N) is 1. The van der Waals surface area contributed by atoms with Gasteiger partial charge in [-0.1, -0.05) is 20.8 Å². The second-order valence-corrected chi connectivity index (χ2v) is 3.99. The molecular formula is C9H17NO4. The molecule has 0 unspecified atom stereocenters. The monoisotopic (exact) mass is 203 g/mol. The number of ketones is 1. The number of Topliss-reactive ketones (excluding diaryl/α,β-unsaturated/α-hetero) is 1. The van der Waals surface area contributed by atoms with Crippen LogP contribution < -0.4 is 5.32 Å². The summed E-state index contributed by atoms with van der Waals surface area (Å²) in [6.07, 6.45) is -0.721. The van der Waals surface area contributed by atoms with E-state index >= 15 is 0 Å². The number of alkyl carbamates (subject to hydrolysis) is 1. The van der Waals surface area contributed by atoms with E-state index in [9.17, 15) is 9.59 Å². The topological polar surface area (TPSA) is 75.6 Å². The molecule has 0 saturated carbocycles. The second-order valence-electron chi connectivity index (χ2n) is 3.99. The van der Waals surface area contributed by atoms with E-state index in [1.165, 1.54) is 7.11 Å². The minimum atomic E-state index is -0.901. The third-order valence-electron chi connectivity index (χ3n) is 1.72. The summed E-state index contributed by atoms with van der Waals surface area (Å²) in [6.45, 7) is 4.73. The van der Waals surface area contributed by atoms with Crippen LogP contribution in [0.25, 0.3) is 0 Å². The minimum Gasteiger partial charge on any atom is -0.453 e. The first-order valence-corrected chi connectivity index (χ1v) is 4.32. The van der Waals surface area contributed by atoms with Crippen LogP contribution in [0.15, 0.2) is 0 Å². The van der Waals surface area contributed by atoms with Crippen LogP contribution in [-0.2, 0) is 9.53 Å². The predicted octanol–water partition coefficient (Wildman–Crippen LogP) is 0.318. The van der Waals surface area contributed by atoms with Crippen molar-refractivity contribution in [3.63, 3.8) is 0 Å². The quantitative estimate of drug-likeness (QED) is 0.692. The summed E-state index contributed by atoms with van der Waals surface area (Å²) in [5.41, 5.74) is -0.603. The van der Waals surface area contributed by atoms with Gasteiger partial charge in [-0.3, -0.25) is 4.79 Å². The Kier molecular flexibility index (Phi) is 4.56. The fraction of sp³-hybridized carbons (Fsp3) is 0.778. The van der Waals surface area contributed by atoms with Gasteiger partial charge in [-0.2, -0.15) is 0 Å². The molecule has 0 aliphatic heterocycles. The lowest BCUT2D eigenvalue weighted by molar-refractivity contribution is -0.129. The number of hydrogen-bond acceptors (Lipinski definition) is 4. The molecule has 0 heterocycles. The number of aliphatic hydroxyl groups excluding tert-OH is 1. The molecule has 0 aromatic carbocycles. The van der Waals surface area contributed by atoms with Gasteiger partial charge in [0.05, 0.1) is 13.7 Å². The standard InChI is InChI=1S/C9H17NO4/c1-9(2,3)7(12)6(5-11)10-8(13)14-4/h6,11H,5H2,1-4H3,(H,10,13)/t6-/m1/s1. The second kappa shape index (κ2) is 4.95. The number of aliphatic hydroxyl groups is 1. The Morgan fingerprint density at radius 1 is 1.43 bits per heavy atom. The summed E-state index contributed by atoms with van der Waals surface area (Å²) >= 11 is 0. The first-order chi connectivity index (χ1) is 6.32. The zero-order valence-electron chi connectivity index (χ0n) is 8.96. The zero-order valence-corrected chi connectivity index (χ0v) is 8.96. The molecule has 2 N–H and O–H groups in total. The third kappa shape index (κ3) is 3.74. The largest absolute Gasteiger partial charge is 0.453 e. The van der Waals surface area contributed by atoms with Gasteiger partial charge in [0.15, 0.2) is 5.78 Å². The Bertz CT molecular complexity index is 219. The molecule has 14 heavy (non-hydrogen) atoms. The lowest BCUT2D eigenvalue weighted by Crippen LogP contribution is -2.47. The summed E-state index contributed by atoms with van der Waals surface area (Å²) in [5.74, 6) is -0.231. The maximum Gasteiger partial charge on any atom is 0.407 e. The van der Waals surface area contributed by atoms with Crippen LogP contribution in [0, 0.1) is 5.41 Å². The highest BCUT2D eigenvalue weighted by Gasteiger charge is 2.30. The van der Waals surface area contributed by atoms with Crippen LogP contribution in [0.4, 0.5) is 4.79 Å². The van der Waals surface area contributed by atoms with Crippen LogP contribution in [-0.4, -0.2) is 36.7 Å². The van der Waals surface area contributed by atoms with E-state index in [4.69, 9.17) is 5.11 Å². The van der Waals surface area contributed by atoms with Crippen molar-refractivity contribution in [1.82, 2.24) is 5.32 Å². The van der Waals surface area contributed by atoms with E-state index in [0.29, 0.717) is 0 Å². The number of carbonyl (C=O) groups excluding carboxylic acids is 2. The average Bonchev–Trinajstić information content (AvgIpc) is 2.11. The van der Waals surface area contributed by atoms with Gasteiger partial charge in [0.25, 0.3) is 0 Å². The van der Waals surface area contributed by atoms with Gasteiger partial charge in [-0.15, -0.1) is 0 Å². The number of methoxy groups -OCH3 is 1. The van der Waals surface area contributed by atoms with E-state index in [0.717, 1.165) is 0 Å². The number of amides is 1. The number of carbonyl (C=O) groups is 2. The van der Waals surface area contributed by atoms with Crippen molar-refractivity contribution in [2.24, 2.45) is 5.41 Å². The number of hydrogen-bond donors (Lipinski definition) is 2. The highest BCUT2D eigenvalue weighted by Crippen LogP contribution is 2.16. The Labute approximate surface area is 83.4 Å². The minimum absolute atomic E-state index is 0.231. The highest BCUT2D eigenvalue weighted by molar-refractivity contribution is 5.91. The van der Waals surface area contributed by atoms with Crippen LogP contribution in [0.2, 0.25) is 0 Å². The Hall–Kier alpha value is -1.10. The molecule has 1 amide bonds. The fourth-order valence-electron chi connectivity index (χ4n) is 0.918. The van der Waals surface area contributed by atoms with Crippen LogP contribution in [0.3, 0.4) is 0 Å². The van der Waals surface area contributed by atoms with E-state index in [-0.39, 0.29) is 5.78 Å². The summed E-state index contributed by atoms with van der Waals surface area (Å²) in [7, 11) is 1.20. The molecule has 5 heteroatoms. The molecule has 0 bridgehead atoms. The molecule has 5 nitrogen and oxygen atoms in total. The maximum absolute atomic E-state index is 11.6. The Balaban J connectivity index is 4.42. The molecule has 0 saturated heterocycles. The molecule has 0 spiro atoms. The van der Waals surface area contributed by atoms with Crippen molar-refractivity contribution < 1.29 is 19.4 Å². The zero-order chi connectivity index (χ0) is 11.4. The lowest BCUT2D eigenvalue weighted by atomic mass is 9.87. The van der Waals surface area contributed by atoms with Gasteiger partial charge in [0, 0.05) is 5.41 Å². The van der Waals surface area contributed by atoms with Gasteiger partial charge < -0.3 is 15.2 Å². The molecular weight excluding hydrogens is 186 g/mol. The van der Waals surface area contributed by atoms with Crippen molar-refractivity contribution in [3.8, 4) is 0 Å². The smallest absolute Gasteiger partial charge is 0.407 e. The van der Waals surface area contributed by atoms with Crippen LogP contribution >= 0.6 is 0 Å². The molecule has 0 aliphatic carbocycles. The summed E-state index contributed by atoms with van der Waals surface area (Å²) < 4.78 is 4.33. The summed E-state index contributed by atoms with van der Waals surface area (Å²) in [4.78, 5) is 22.4. The normalized spacial score (nSPS) is 13.2.